The van der Waals surface area contributed by atoms with Crippen LogP contribution >= 0.6 is 11.6 Å². The fraction of sp³-hybridized carbons (Fsp3) is 0.136. The van der Waals surface area contributed by atoms with Crippen LogP contribution < -0.4 is 10.2 Å². The molecule has 2 aromatic heterocycles. The second-order valence-electron chi connectivity index (χ2n) is 6.51. The Morgan fingerprint density at radius 3 is 2.68 bits per heavy atom. The SMILES string of the molecule is Cc1cc(C)c2oc(-c3ccco3)c(OCc3c(F)cccc3Cl)c(=O)c2c1. The molecule has 142 valence electrons. The number of rotatable bonds is 4. The fourth-order valence-corrected chi connectivity index (χ4v) is 3.37. The molecule has 0 saturated heterocycles. The zero-order valence-corrected chi connectivity index (χ0v) is 16.0. The molecule has 4 rings (SSSR count). The number of halogens is 2. The predicted molar refractivity (Wildman–Crippen MR) is 105 cm³/mol. The van der Waals surface area contributed by atoms with Crippen molar-refractivity contribution in [2.45, 2.75) is 20.5 Å². The fourth-order valence-electron chi connectivity index (χ4n) is 3.15. The van der Waals surface area contributed by atoms with Gasteiger partial charge in [0, 0.05) is 5.56 Å². The standard InChI is InChI=1S/C22H16ClFO4/c1-12-9-13(2)20-14(10-12)19(25)22(21(28-20)18-7-4-8-26-18)27-11-15-16(23)5-3-6-17(15)24/h3-10H,11H2,1-2H3. The molecule has 0 saturated carbocycles. The number of hydrogen-bond donors (Lipinski definition) is 0. The lowest BCUT2D eigenvalue weighted by molar-refractivity contribution is 0.290. The molecule has 0 aliphatic rings. The monoisotopic (exact) mass is 398 g/mol. The van der Waals surface area contributed by atoms with Crippen LogP contribution in [0, 0.1) is 19.7 Å². The molecule has 4 nitrogen and oxygen atoms in total. The minimum Gasteiger partial charge on any atom is -0.481 e. The van der Waals surface area contributed by atoms with Crippen LogP contribution in [0.2, 0.25) is 5.02 Å². The Balaban J connectivity index is 1.89. The number of ether oxygens (including phenoxy) is 1. The molecule has 0 spiro atoms. The Hall–Kier alpha value is -3.05. The van der Waals surface area contributed by atoms with Crippen LogP contribution in [0.5, 0.6) is 5.75 Å². The maximum absolute atomic E-state index is 14.1. The van der Waals surface area contributed by atoms with Gasteiger partial charge in [0.2, 0.25) is 16.9 Å². The smallest absolute Gasteiger partial charge is 0.235 e. The van der Waals surface area contributed by atoms with Gasteiger partial charge in [0.15, 0.2) is 5.76 Å². The van der Waals surface area contributed by atoms with Crippen molar-refractivity contribution in [2.75, 3.05) is 0 Å². The van der Waals surface area contributed by atoms with Crippen molar-refractivity contribution in [3.8, 4) is 17.3 Å². The van der Waals surface area contributed by atoms with Gasteiger partial charge in [-0.25, -0.2) is 4.39 Å². The first-order valence-electron chi connectivity index (χ1n) is 8.63. The van der Waals surface area contributed by atoms with Crippen molar-refractivity contribution in [3.63, 3.8) is 0 Å². The number of hydrogen-bond acceptors (Lipinski definition) is 4. The Morgan fingerprint density at radius 1 is 1.14 bits per heavy atom. The summed E-state index contributed by atoms with van der Waals surface area (Å²) in [5.74, 6) is -0.0637. The van der Waals surface area contributed by atoms with E-state index < -0.39 is 5.82 Å². The average Bonchev–Trinajstić information content (AvgIpc) is 3.17. The van der Waals surface area contributed by atoms with E-state index in [0.717, 1.165) is 11.1 Å². The van der Waals surface area contributed by atoms with E-state index in [2.05, 4.69) is 0 Å². The molecule has 0 aliphatic carbocycles. The Kier molecular flexibility index (Phi) is 4.69. The van der Waals surface area contributed by atoms with Crippen molar-refractivity contribution >= 4 is 22.6 Å². The van der Waals surface area contributed by atoms with E-state index in [1.165, 1.54) is 18.4 Å². The first-order chi connectivity index (χ1) is 13.5. The van der Waals surface area contributed by atoms with Gasteiger partial charge in [-0.1, -0.05) is 23.7 Å². The summed E-state index contributed by atoms with van der Waals surface area (Å²) in [7, 11) is 0. The van der Waals surface area contributed by atoms with Gasteiger partial charge in [-0.2, -0.15) is 0 Å². The van der Waals surface area contributed by atoms with Crippen LogP contribution in [-0.2, 0) is 6.61 Å². The average molecular weight is 399 g/mol. The molecule has 0 radical (unpaired) electrons. The van der Waals surface area contributed by atoms with Gasteiger partial charge < -0.3 is 13.6 Å². The second-order valence-corrected chi connectivity index (χ2v) is 6.92. The molecule has 4 aromatic rings. The summed E-state index contributed by atoms with van der Waals surface area (Å²) in [6, 6.07) is 11.4. The quantitative estimate of drug-likeness (QED) is 0.420. The molecular formula is C22H16ClFO4. The van der Waals surface area contributed by atoms with Crippen molar-refractivity contribution in [3.05, 3.63) is 86.5 Å². The number of fused-ring (bicyclic) bond motifs is 1. The van der Waals surface area contributed by atoms with Crippen molar-refractivity contribution in [1.29, 1.82) is 0 Å². The van der Waals surface area contributed by atoms with E-state index in [9.17, 15) is 9.18 Å². The van der Waals surface area contributed by atoms with Crippen LogP contribution in [0.4, 0.5) is 4.39 Å². The minimum absolute atomic E-state index is 0.0493. The summed E-state index contributed by atoms with van der Waals surface area (Å²) < 4.78 is 31.3. The van der Waals surface area contributed by atoms with Crippen LogP contribution in [0.1, 0.15) is 16.7 Å². The molecule has 0 unspecified atom stereocenters. The van der Waals surface area contributed by atoms with Gasteiger partial charge in [0.05, 0.1) is 16.7 Å². The lowest BCUT2D eigenvalue weighted by atomic mass is 10.1. The van der Waals surface area contributed by atoms with Gasteiger partial charge in [-0.15, -0.1) is 0 Å². The molecule has 28 heavy (non-hydrogen) atoms. The highest BCUT2D eigenvalue weighted by Crippen LogP contribution is 2.33. The molecule has 0 aliphatic heterocycles. The van der Waals surface area contributed by atoms with Crippen molar-refractivity contribution < 1.29 is 18.0 Å². The molecule has 0 bridgehead atoms. The van der Waals surface area contributed by atoms with E-state index in [1.807, 2.05) is 19.9 Å². The zero-order valence-electron chi connectivity index (χ0n) is 15.2. The molecule has 0 N–H and O–H groups in total. The van der Waals surface area contributed by atoms with Gasteiger partial charge in [0.1, 0.15) is 18.0 Å². The third kappa shape index (κ3) is 3.18. The van der Waals surface area contributed by atoms with E-state index in [1.54, 1.807) is 24.3 Å². The first-order valence-corrected chi connectivity index (χ1v) is 9.01. The summed E-state index contributed by atoms with van der Waals surface area (Å²) in [4.78, 5) is 13.2. The Morgan fingerprint density at radius 2 is 1.96 bits per heavy atom. The lowest BCUT2D eigenvalue weighted by Gasteiger charge is -2.13. The highest BCUT2D eigenvalue weighted by Gasteiger charge is 2.21. The topological polar surface area (TPSA) is 52.6 Å². The summed E-state index contributed by atoms with van der Waals surface area (Å²) in [5, 5.41) is 0.610. The normalized spacial score (nSPS) is 11.1. The second kappa shape index (κ2) is 7.17. The van der Waals surface area contributed by atoms with Crippen LogP contribution in [0.15, 0.2) is 62.4 Å². The Labute approximate surface area is 165 Å². The van der Waals surface area contributed by atoms with Crippen LogP contribution in [0.3, 0.4) is 0 Å². The maximum Gasteiger partial charge on any atom is 0.235 e. The molecule has 0 amide bonds. The Bertz CT molecular complexity index is 1210. The van der Waals surface area contributed by atoms with Crippen molar-refractivity contribution in [1.82, 2.24) is 0 Å². The highest BCUT2D eigenvalue weighted by atomic mass is 35.5. The molecular weight excluding hydrogens is 383 g/mol. The number of furan rings is 1. The van der Waals surface area contributed by atoms with Crippen LogP contribution in [-0.4, -0.2) is 0 Å². The van der Waals surface area contributed by atoms with Gasteiger partial charge >= 0.3 is 0 Å². The van der Waals surface area contributed by atoms with Gasteiger partial charge in [-0.3, -0.25) is 4.79 Å². The third-order valence-corrected chi connectivity index (χ3v) is 4.80. The van der Waals surface area contributed by atoms with E-state index in [-0.39, 0.29) is 34.1 Å². The number of aryl methyl sites for hydroxylation is 2. The van der Waals surface area contributed by atoms with Crippen LogP contribution in [0.25, 0.3) is 22.5 Å². The molecule has 2 heterocycles. The van der Waals surface area contributed by atoms with E-state index in [4.69, 9.17) is 25.2 Å². The van der Waals surface area contributed by atoms with Gasteiger partial charge in [-0.05, 0) is 55.3 Å². The summed E-state index contributed by atoms with van der Waals surface area (Å²) in [6.07, 6.45) is 1.47. The highest BCUT2D eigenvalue weighted by molar-refractivity contribution is 6.31. The molecule has 2 aromatic carbocycles. The third-order valence-electron chi connectivity index (χ3n) is 4.45. The largest absolute Gasteiger partial charge is 0.481 e. The van der Waals surface area contributed by atoms with E-state index in [0.29, 0.717) is 16.7 Å². The molecule has 0 atom stereocenters. The molecule has 0 fully saturated rings. The summed E-state index contributed by atoms with van der Waals surface area (Å²) in [5.41, 5.74) is 2.01. The summed E-state index contributed by atoms with van der Waals surface area (Å²) in [6.45, 7) is 3.54. The molecule has 6 heteroatoms. The first kappa shape index (κ1) is 18.3. The van der Waals surface area contributed by atoms with Crippen molar-refractivity contribution in [2.24, 2.45) is 0 Å². The number of benzene rings is 2. The summed E-state index contributed by atoms with van der Waals surface area (Å²) >= 11 is 6.07. The zero-order chi connectivity index (χ0) is 19.8. The maximum atomic E-state index is 14.1. The van der Waals surface area contributed by atoms with Gasteiger partial charge in [0.25, 0.3) is 0 Å². The minimum atomic E-state index is -0.510. The lowest BCUT2D eigenvalue weighted by Crippen LogP contribution is -2.11. The van der Waals surface area contributed by atoms with E-state index >= 15 is 0 Å². The predicted octanol–water partition coefficient (Wildman–Crippen LogP) is 6.04.